The number of aliphatic hydroxyl groups is 2. The molecule has 2 saturated carbocycles. The summed E-state index contributed by atoms with van der Waals surface area (Å²) >= 11 is 0. The second-order valence-electron chi connectivity index (χ2n) is 9.41. The maximum atomic E-state index is 12.9. The first-order chi connectivity index (χ1) is 13.2. The molecule has 0 aromatic carbocycles. The standard InChI is InChI=1S/C20H22O8/c1-17-7-11(9-4-6-25-8-9)26-15(21)10(17)3-5-18(2)19(23)13-12(27-13)14(20(17,18)24)28-16(19)22/h4,6,8,10-14,23-24H,3,5,7H2,1-2H3/t10-,11-,12+,13+,14-,17+,18+,19+,20+/m1/s1. The quantitative estimate of drug-likeness (QED) is 0.535. The largest absolute Gasteiger partial charge is 0.472 e. The Kier molecular flexibility index (Phi) is 2.81. The van der Waals surface area contributed by atoms with Crippen LogP contribution in [-0.2, 0) is 23.8 Å². The van der Waals surface area contributed by atoms with Gasteiger partial charge in [0.1, 0.15) is 23.9 Å². The molecule has 6 aliphatic rings. The van der Waals surface area contributed by atoms with E-state index in [0.29, 0.717) is 24.8 Å². The smallest absolute Gasteiger partial charge is 0.342 e. The van der Waals surface area contributed by atoms with E-state index in [1.807, 2.05) is 6.92 Å². The zero-order valence-electron chi connectivity index (χ0n) is 15.6. The number of rotatable bonds is 1. The first-order valence-corrected chi connectivity index (χ1v) is 9.72. The Hall–Kier alpha value is -1.90. The summed E-state index contributed by atoms with van der Waals surface area (Å²) in [5, 5.41) is 23.7. The fourth-order valence-electron chi connectivity index (χ4n) is 6.87. The van der Waals surface area contributed by atoms with Crippen LogP contribution in [-0.4, -0.2) is 51.7 Å². The number of esters is 2. The SMILES string of the molecule is C[C@@]12CC[C@@H]3C(=O)O[C@@H](c4ccoc4)C[C@]3(C)[C@@]1(O)[C@@H]1OC(=O)[C@@]2(O)[C@H]2O[C@H]12. The van der Waals surface area contributed by atoms with Gasteiger partial charge < -0.3 is 28.8 Å². The van der Waals surface area contributed by atoms with Crippen LogP contribution < -0.4 is 0 Å². The van der Waals surface area contributed by atoms with Crippen LogP contribution >= 0.6 is 0 Å². The molecule has 8 heteroatoms. The van der Waals surface area contributed by atoms with Gasteiger partial charge in [0.2, 0.25) is 0 Å². The predicted octanol–water partition coefficient (Wildman–Crippen LogP) is 0.859. The second-order valence-corrected chi connectivity index (χ2v) is 9.41. The highest BCUT2D eigenvalue weighted by Gasteiger charge is 2.90. The van der Waals surface area contributed by atoms with Crippen molar-refractivity contribution in [1.29, 1.82) is 0 Å². The molecule has 1 aromatic heterocycles. The minimum atomic E-state index is -1.93. The van der Waals surface area contributed by atoms with Crippen LogP contribution in [0.1, 0.15) is 44.8 Å². The lowest BCUT2D eigenvalue weighted by atomic mass is 9.38. The van der Waals surface area contributed by atoms with Crippen molar-refractivity contribution in [2.24, 2.45) is 16.7 Å². The molecule has 5 heterocycles. The number of carbonyl (C=O) groups is 2. The third-order valence-electron chi connectivity index (χ3n) is 8.52. The topological polar surface area (TPSA) is 119 Å². The van der Waals surface area contributed by atoms with Gasteiger partial charge >= 0.3 is 11.9 Å². The summed E-state index contributed by atoms with van der Waals surface area (Å²) in [5.74, 6) is -1.69. The summed E-state index contributed by atoms with van der Waals surface area (Å²) in [6.07, 6.45) is 1.34. The molecule has 28 heavy (non-hydrogen) atoms. The molecule has 0 spiro atoms. The van der Waals surface area contributed by atoms with Gasteiger partial charge in [-0.1, -0.05) is 13.8 Å². The third-order valence-corrected chi connectivity index (χ3v) is 8.52. The average Bonchev–Trinajstić information content (AvgIpc) is 3.26. The van der Waals surface area contributed by atoms with Crippen LogP contribution in [0.3, 0.4) is 0 Å². The van der Waals surface area contributed by atoms with Crippen LogP contribution in [0.25, 0.3) is 0 Å². The van der Waals surface area contributed by atoms with Crippen molar-refractivity contribution in [3.05, 3.63) is 24.2 Å². The fourth-order valence-corrected chi connectivity index (χ4v) is 6.87. The van der Waals surface area contributed by atoms with E-state index in [2.05, 4.69) is 0 Å². The van der Waals surface area contributed by atoms with Gasteiger partial charge in [0, 0.05) is 16.4 Å². The number of hydrogen-bond donors (Lipinski definition) is 2. The van der Waals surface area contributed by atoms with Crippen molar-refractivity contribution < 1.29 is 38.4 Å². The van der Waals surface area contributed by atoms with Gasteiger partial charge in [-0.2, -0.15) is 0 Å². The normalized spacial score (nSPS) is 56.2. The minimum Gasteiger partial charge on any atom is -0.472 e. The number of cyclic esters (lactones) is 1. The number of carbonyl (C=O) groups excluding carboxylic acids is 2. The minimum absolute atomic E-state index is 0.296. The van der Waals surface area contributed by atoms with Crippen LogP contribution in [0.2, 0.25) is 0 Å². The van der Waals surface area contributed by atoms with E-state index >= 15 is 0 Å². The van der Waals surface area contributed by atoms with Crippen LogP contribution in [0.5, 0.6) is 0 Å². The van der Waals surface area contributed by atoms with Gasteiger partial charge in [0.15, 0.2) is 11.7 Å². The Morgan fingerprint density at radius 1 is 1.14 bits per heavy atom. The monoisotopic (exact) mass is 390 g/mol. The van der Waals surface area contributed by atoms with Crippen molar-refractivity contribution >= 4 is 11.9 Å². The van der Waals surface area contributed by atoms with Crippen molar-refractivity contribution in [3.63, 3.8) is 0 Å². The summed E-state index contributed by atoms with van der Waals surface area (Å²) in [5.41, 5.74) is -5.03. The first kappa shape index (κ1) is 17.0. The molecule has 9 atom stereocenters. The Morgan fingerprint density at radius 3 is 2.64 bits per heavy atom. The molecule has 0 amide bonds. The van der Waals surface area contributed by atoms with Gasteiger partial charge in [-0.15, -0.1) is 0 Å². The lowest BCUT2D eigenvalue weighted by molar-refractivity contribution is -0.352. The molecule has 0 unspecified atom stereocenters. The summed E-state index contributed by atoms with van der Waals surface area (Å²) in [7, 11) is 0. The van der Waals surface area contributed by atoms with E-state index in [9.17, 15) is 19.8 Å². The summed E-state index contributed by atoms with van der Waals surface area (Å²) in [4.78, 5) is 25.6. The van der Waals surface area contributed by atoms with E-state index in [1.54, 1.807) is 13.0 Å². The Balaban J connectivity index is 1.53. The molecule has 0 radical (unpaired) electrons. The van der Waals surface area contributed by atoms with Crippen LogP contribution in [0.15, 0.2) is 23.0 Å². The molecule has 2 N–H and O–H groups in total. The number of epoxide rings is 1. The molecule has 2 bridgehead atoms. The zero-order valence-corrected chi connectivity index (χ0v) is 15.6. The maximum Gasteiger partial charge on any atom is 0.342 e. The molecule has 1 aromatic rings. The van der Waals surface area contributed by atoms with Crippen molar-refractivity contribution in [3.8, 4) is 0 Å². The van der Waals surface area contributed by atoms with Gasteiger partial charge in [0.25, 0.3) is 0 Å². The molecule has 4 saturated heterocycles. The molecule has 4 aliphatic heterocycles. The van der Waals surface area contributed by atoms with Crippen LogP contribution in [0.4, 0.5) is 0 Å². The summed E-state index contributed by atoms with van der Waals surface area (Å²) in [6, 6.07) is 1.73. The first-order valence-electron chi connectivity index (χ1n) is 9.72. The molecule has 8 nitrogen and oxygen atoms in total. The van der Waals surface area contributed by atoms with E-state index in [4.69, 9.17) is 18.6 Å². The average molecular weight is 390 g/mol. The number of ether oxygens (including phenoxy) is 3. The van der Waals surface area contributed by atoms with Crippen molar-refractivity contribution in [2.45, 2.75) is 68.7 Å². The predicted molar refractivity (Wildman–Crippen MR) is 89.5 cm³/mol. The lowest BCUT2D eigenvalue weighted by Crippen LogP contribution is -2.86. The van der Waals surface area contributed by atoms with E-state index in [1.165, 1.54) is 12.5 Å². The van der Waals surface area contributed by atoms with Gasteiger partial charge in [-0.05, 0) is 25.3 Å². The zero-order chi connectivity index (χ0) is 19.7. The van der Waals surface area contributed by atoms with E-state index in [-0.39, 0.29) is 5.97 Å². The fraction of sp³-hybridized carbons (Fsp3) is 0.700. The highest BCUT2D eigenvalue weighted by molar-refractivity contribution is 5.86. The highest BCUT2D eigenvalue weighted by Crippen LogP contribution is 2.73. The van der Waals surface area contributed by atoms with Crippen molar-refractivity contribution in [2.75, 3.05) is 0 Å². The van der Waals surface area contributed by atoms with Gasteiger partial charge in [0.05, 0.1) is 18.4 Å². The lowest BCUT2D eigenvalue weighted by Gasteiger charge is -2.70. The molecule has 150 valence electrons. The summed E-state index contributed by atoms with van der Waals surface area (Å²) < 4.78 is 22.0. The van der Waals surface area contributed by atoms with Gasteiger partial charge in [-0.3, -0.25) is 4.79 Å². The molecule has 6 fully saturated rings. The molecule has 7 rings (SSSR count). The van der Waals surface area contributed by atoms with Crippen LogP contribution in [0, 0.1) is 16.7 Å². The number of hydrogen-bond acceptors (Lipinski definition) is 8. The Morgan fingerprint density at radius 2 is 1.93 bits per heavy atom. The molecular weight excluding hydrogens is 368 g/mol. The van der Waals surface area contributed by atoms with Crippen molar-refractivity contribution in [1.82, 2.24) is 0 Å². The third kappa shape index (κ3) is 1.48. The number of furan rings is 1. The maximum absolute atomic E-state index is 12.9. The Labute approximate surface area is 160 Å². The molecular formula is C20H22O8. The highest BCUT2D eigenvalue weighted by atomic mass is 16.7. The van der Waals surface area contributed by atoms with E-state index in [0.717, 1.165) is 0 Å². The van der Waals surface area contributed by atoms with E-state index < -0.39 is 58.3 Å². The second kappa shape index (κ2) is 4.63. The number of fused-ring (bicyclic) bond motifs is 2. The van der Waals surface area contributed by atoms with Gasteiger partial charge in [-0.25, -0.2) is 4.79 Å². The molecule has 2 aliphatic carbocycles. The Bertz CT molecular complexity index is 896. The summed E-state index contributed by atoms with van der Waals surface area (Å²) in [6.45, 7) is 3.57.